The van der Waals surface area contributed by atoms with Gasteiger partial charge >= 0.3 is 0 Å². The van der Waals surface area contributed by atoms with Crippen LogP contribution in [0.25, 0.3) is 27.8 Å². The number of nitrogens with one attached hydrogen (secondary N) is 1. The first-order valence-electron chi connectivity index (χ1n) is 10.2. The van der Waals surface area contributed by atoms with Crippen molar-refractivity contribution < 1.29 is 9.53 Å². The minimum atomic E-state index is -0.242. The van der Waals surface area contributed by atoms with Crippen LogP contribution in [0.3, 0.4) is 0 Å². The van der Waals surface area contributed by atoms with Gasteiger partial charge < -0.3 is 10.1 Å². The van der Waals surface area contributed by atoms with Crippen LogP contribution in [0.5, 0.6) is 5.75 Å². The van der Waals surface area contributed by atoms with Crippen molar-refractivity contribution in [2.24, 2.45) is 0 Å². The van der Waals surface area contributed by atoms with Crippen molar-refractivity contribution in [3.8, 4) is 17.1 Å². The summed E-state index contributed by atoms with van der Waals surface area (Å²) in [6, 6.07) is 20.9. The van der Waals surface area contributed by atoms with Crippen molar-refractivity contribution >= 4 is 28.0 Å². The lowest BCUT2D eigenvalue weighted by Gasteiger charge is -2.12. The van der Waals surface area contributed by atoms with E-state index in [2.05, 4.69) is 15.5 Å². The Kier molecular flexibility index (Phi) is 4.78. The smallest absolute Gasteiger partial charge is 0.259 e. The fourth-order valence-electron chi connectivity index (χ4n) is 3.84. The maximum atomic E-state index is 12.9. The van der Waals surface area contributed by atoms with E-state index < -0.39 is 0 Å². The third kappa shape index (κ3) is 3.24. The fourth-order valence-corrected chi connectivity index (χ4v) is 3.84. The van der Waals surface area contributed by atoms with E-state index in [0.29, 0.717) is 28.5 Å². The van der Waals surface area contributed by atoms with Gasteiger partial charge in [-0.25, -0.2) is 0 Å². The molecular formula is C25H21N5O2. The molecule has 7 heteroatoms. The highest BCUT2D eigenvalue weighted by Crippen LogP contribution is 2.28. The standard InChI is InChI=1S/C25H21N5O2/c1-15-12-13-17(14-21(15)26-25(31)20-10-6-7-11-22(20)32-3)23-27-28-24-19-9-5-4-8-18(19)16(2)29-30(23)24/h4-14H,1-3H3,(H,26,31). The Morgan fingerprint density at radius 3 is 2.50 bits per heavy atom. The summed E-state index contributed by atoms with van der Waals surface area (Å²) in [6.45, 7) is 3.92. The molecule has 3 aromatic carbocycles. The van der Waals surface area contributed by atoms with Crippen LogP contribution in [-0.2, 0) is 0 Å². The number of aromatic nitrogens is 4. The van der Waals surface area contributed by atoms with Crippen LogP contribution in [0.2, 0.25) is 0 Å². The number of rotatable bonds is 4. The first-order chi connectivity index (χ1) is 15.6. The van der Waals surface area contributed by atoms with Gasteiger partial charge in [-0.2, -0.15) is 9.61 Å². The highest BCUT2D eigenvalue weighted by atomic mass is 16.5. The highest BCUT2D eigenvalue weighted by molar-refractivity contribution is 6.06. The van der Waals surface area contributed by atoms with Crippen LogP contribution in [0.15, 0.2) is 66.7 Å². The summed E-state index contributed by atoms with van der Waals surface area (Å²) in [4.78, 5) is 12.9. The number of hydrogen-bond donors (Lipinski definition) is 1. The molecule has 2 heterocycles. The quantitative estimate of drug-likeness (QED) is 0.448. The van der Waals surface area contributed by atoms with Gasteiger partial charge in [0.25, 0.3) is 5.91 Å². The van der Waals surface area contributed by atoms with E-state index >= 15 is 0 Å². The summed E-state index contributed by atoms with van der Waals surface area (Å²) < 4.78 is 7.08. The van der Waals surface area contributed by atoms with Crippen molar-refractivity contribution in [1.82, 2.24) is 19.8 Å². The molecule has 5 aromatic rings. The molecule has 5 rings (SSSR count). The van der Waals surface area contributed by atoms with Gasteiger partial charge in [0.2, 0.25) is 0 Å². The van der Waals surface area contributed by atoms with Crippen LogP contribution in [0.4, 0.5) is 5.69 Å². The van der Waals surface area contributed by atoms with Crippen molar-refractivity contribution in [3.05, 3.63) is 83.6 Å². The van der Waals surface area contributed by atoms with Crippen LogP contribution in [-0.4, -0.2) is 32.8 Å². The van der Waals surface area contributed by atoms with Crippen molar-refractivity contribution in [2.75, 3.05) is 12.4 Å². The number of methoxy groups -OCH3 is 1. The van der Waals surface area contributed by atoms with Gasteiger partial charge in [-0.1, -0.05) is 48.5 Å². The lowest BCUT2D eigenvalue weighted by atomic mass is 10.1. The Hall–Kier alpha value is -4.26. The molecule has 0 atom stereocenters. The molecular weight excluding hydrogens is 402 g/mol. The molecule has 0 aliphatic carbocycles. The summed E-state index contributed by atoms with van der Waals surface area (Å²) in [6.07, 6.45) is 0. The maximum Gasteiger partial charge on any atom is 0.259 e. The number of fused-ring (bicyclic) bond motifs is 3. The van der Waals surface area contributed by atoms with Gasteiger partial charge in [0.1, 0.15) is 5.75 Å². The Bertz CT molecular complexity index is 1490. The second-order valence-electron chi connectivity index (χ2n) is 7.57. The van der Waals surface area contributed by atoms with E-state index in [0.717, 1.165) is 27.6 Å². The Morgan fingerprint density at radius 2 is 1.69 bits per heavy atom. The molecule has 0 saturated carbocycles. The molecule has 0 unspecified atom stereocenters. The first kappa shape index (κ1) is 19.7. The molecule has 0 aliphatic rings. The van der Waals surface area contributed by atoms with E-state index in [-0.39, 0.29) is 5.91 Å². The second kappa shape index (κ2) is 7.77. The Morgan fingerprint density at radius 1 is 0.938 bits per heavy atom. The predicted octanol–water partition coefficient (Wildman–Crippen LogP) is 4.82. The van der Waals surface area contributed by atoms with E-state index in [1.54, 1.807) is 29.8 Å². The zero-order chi connectivity index (χ0) is 22.2. The molecule has 0 radical (unpaired) electrons. The fraction of sp³-hybridized carbons (Fsp3) is 0.120. The monoisotopic (exact) mass is 423 g/mol. The number of carbonyl (C=O) groups excluding carboxylic acids is 1. The number of amides is 1. The largest absolute Gasteiger partial charge is 0.496 e. The van der Waals surface area contributed by atoms with Crippen molar-refractivity contribution in [2.45, 2.75) is 13.8 Å². The first-order valence-corrected chi connectivity index (χ1v) is 10.2. The maximum absolute atomic E-state index is 12.9. The average molecular weight is 423 g/mol. The number of hydrogen-bond acceptors (Lipinski definition) is 5. The summed E-state index contributed by atoms with van der Waals surface area (Å²) >= 11 is 0. The number of benzene rings is 3. The molecule has 0 saturated heterocycles. The predicted molar refractivity (Wildman–Crippen MR) is 124 cm³/mol. The second-order valence-corrected chi connectivity index (χ2v) is 7.57. The number of para-hydroxylation sites is 1. The summed E-state index contributed by atoms with van der Waals surface area (Å²) in [5.41, 5.74) is 4.48. The molecule has 158 valence electrons. The lowest BCUT2D eigenvalue weighted by molar-refractivity contribution is 0.102. The van der Waals surface area contributed by atoms with Gasteiger partial charge in [-0.15, -0.1) is 10.2 Å². The highest BCUT2D eigenvalue weighted by Gasteiger charge is 2.17. The van der Waals surface area contributed by atoms with Gasteiger partial charge in [0, 0.05) is 22.0 Å². The molecule has 0 fully saturated rings. The molecule has 0 aliphatic heterocycles. The van der Waals surface area contributed by atoms with E-state index in [4.69, 9.17) is 9.84 Å². The van der Waals surface area contributed by atoms with Gasteiger partial charge in [0.15, 0.2) is 11.5 Å². The Balaban J connectivity index is 1.57. The molecule has 0 bridgehead atoms. The third-order valence-electron chi connectivity index (χ3n) is 5.54. The molecule has 32 heavy (non-hydrogen) atoms. The van der Waals surface area contributed by atoms with E-state index in [1.165, 1.54) is 0 Å². The van der Waals surface area contributed by atoms with Gasteiger partial charge in [0.05, 0.1) is 18.4 Å². The number of anilines is 1. The zero-order valence-electron chi connectivity index (χ0n) is 18.0. The number of nitrogens with zero attached hydrogens (tertiary/aromatic N) is 4. The Labute approximate surface area is 184 Å². The van der Waals surface area contributed by atoms with Crippen LogP contribution >= 0.6 is 0 Å². The SMILES string of the molecule is COc1ccccc1C(=O)Nc1cc(-c2nnc3c4ccccc4c(C)nn23)ccc1C. The van der Waals surface area contributed by atoms with Crippen molar-refractivity contribution in [1.29, 1.82) is 0 Å². The minimum absolute atomic E-state index is 0.242. The summed E-state index contributed by atoms with van der Waals surface area (Å²) in [5.74, 6) is 0.893. The van der Waals surface area contributed by atoms with E-state index in [9.17, 15) is 4.79 Å². The van der Waals surface area contributed by atoms with Crippen LogP contribution in [0.1, 0.15) is 21.6 Å². The molecule has 0 spiro atoms. The molecule has 1 N–H and O–H groups in total. The van der Waals surface area contributed by atoms with Crippen LogP contribution < -0.4 is 10.1 Å². The molecule has 1 amide bonds. The molecule has 7 nitrogen and oxygen atoms in total. The third-order valence-corrected chi connectivity index (χ3v) is 5.54. The zero-order valence-corrected chi connectivity index (χ0v) is 18.0. The van der Waals surface area contributed by atoms with Crippen molar-refractivity contribution in [3.63, 3.8) is 0 Å². The topological polar surface area (TPSA) is 81.4 Å². The van der Waals surface area contributed by atoms with Crippen LogP contribution in [0, 0.1) is 13.8 Å². The van der Waals surface area contributed by atoms with E-state index in [1.807, 2.05) is 62.4 Å². The lowest BCUT2D eigenvalue weighted by Crippen LogP contribution is -2.14. The number of ether oxygens (including phenoxy) is 1. The van der Waals surface area contributed by atoms with Gasteiger partial charge in [-0.05, 0) is 37.6 Å². The van der Waals surface area contributed by atoms with Gasteiger partial charge in [-0.3, -0.25) is 4.79 Å². The minimum Gasteiger partial charge on any atom is -0.496 e. The summed E-state index contributed by atoms with van der Waals surface area (Å²) in [7, 11) is 1.55. The summed E-state index contributed by atoms with van der Waals surface area (Å²) in [5, 5.41) is 18.6. The molecule has 2 aromatic heterocycles. The number of carbonyl (C=O) groups is 1. The normalized spacial score (nSPS) is 11.1. The average Bonchev–Trinajstić information content (AvgIpc) is 3.24. The number of aryl methyl sites for hydroxylation is 2.